The maximum absolute atomic E-state index is 11.4. The van der Waals surface area contributed by atoms with Gasteiger partial charge in [0.2, 0.25) is 5.91 Å². The summed E-state index contributed by atoms with van der Waals surface area (Å²) in [6.45, 7) is 4.48. The van der Waals surface area contributed by atoms with Crippen molar-refractivity contribution < 1.29 is 14.6 Å². The first-order valence-electron chi connectivity index (χ1n) is 5.03. The number of carbonyl (C=O) groups is 1. The lowest BCUT2D eigenvalue weighted by molar-refractivity contribution is -0.123. The van der Waals surface area contributed by atoms with Crippen LogP contribution in [-0.2, 0) is 9.53 Å². The molecule has 0 aromatic carbocycles. The zero-order chi connectivity index (χ0) is 11.0. The number of aliphatic hydroxyl groups is 1. The number of methoxy groups -OCH3 is 1. The van der Waals surface area contributed by atoms with Crippen molar-refractivity contribution in [1.29, 1.82) is 0 Å². The Labute approximate surface area is 85.6 Å². The van der Waals surface area contributed by atoms with Crippen LogP contribution in [0, 0.1) is 5.92 Å². The Morgan fingerprint density at radius 1 is 1.57 bits per heavy atom. The Morgan fingerprint density at radius 3 is 2.64 bits per heavy atom. The topological polar surface area (TPSA) is 58.6 Å². The molecule has 0 aromatic heterocycles. The smallest absolute Gasteiger partial charge is 0.220 e. The average molecular weight is 203 g/mol. The van der Waals surface area contributed by atoms with Gasteiger partial charge in [-0.1, -0.05) is 13.8 Å². The molecular weight excluding hydrogens is 182 g/mol. The summed E-state index contributed by atoms with van der Waals surface area (Å²) in [6, 6.07) is -0.114. The molecule has 84 valence electrons. The summed E-state index contributed by atoms with van der Waals surface area (Å²) in [4.78, 5) is 11.4. The summed E-state index contributed by atoms with van der Waals surface area (Å²) in [7, 11) is 1.62. The molecule has 1 unspecified atom stereocenters. The van der Waals surface area contributed by atoms with Crippen LogP contribution in [0.25, 0.3) is 0 Å². The van der Waals surface area contributed by atoms with Gasteiger partial charge in [-0.2, -0.15) is 0 Å². The molecule has 0 aliphatic heterocycles. The number of hydrogen-bond acceptors (Lipinski definition) is 3. The number of hydrogen-bond donors (Lipinski definition) is 2. The molecule has 1 amide bonds. The van der Waals surface area contributed by atoms with Crippen LogP contribution >= 0.6 is 0 Å². The molecule has 0 saturated carbocycles. The Balaban J connectivity index is 3.73. The summed E-state index contributed by atoms with van der Waals surface area (Å²) in [5.74, 6) is 0.201. The third kappa shape index (κ3) is 5.94. The largest absolute Gasteiger partial charge is 0.394 e. The fraction of sp³-hybridized carbons (Fsp3) is 0.900. The molecule has 0 aliphatic rings. The van der Waals surface area contributed by atoms with Crippen molar-refractivity contribution in [2.24, 2.45) is 5.92 Å². The van der Waals surface area contributed by atoms with Crippen molar-refractivity contribution in [2.45, 2.75) is 32.7 Å². The minimum atomic E-state index is -0.114. The second-order valence-corrected chi connectivity index (χ2v) is 3.62. The molecule has 2 atom stereocenters. The molecule has 0 radical (unpaired) electrons. The summed E-state index contributed by atoms with van der Waals surface area (Å²) in [5, 5.41) is 11.6. The van der Waals surface area contributed by atoms with Gasteiger partial charge in [0.15, 0.2) is 0 Å². The van der Waals surface area contributed by atoms with E-state index in [1.807, 2.05) is 13.8 Å². The van der Waals surface area contributed by atoms with Gasteiger partial charge in [0.05, 0.1) is 12.6 Å². The van der Waals surface area contributed by atoms with E-state index in [9.17, 15) is 4.79 Å². The van der Waals surface area contributed by atoms with Crippen LogP contribution in [0.15, 0.2) is 0 Å². The summed E-state index contributed by atoms with van der Waals surface area (Å²) in [5.41, 5.74) is 0. The Kier molecular flexibility index (Phi) is 7.42. The Bertz CT molecular complexity index is 157. The summed E-state index contributed by atoms with van der Waals surface area (Å²) in [6.07, 6.45) is 1.20. The average Bonchev–Trinajstić information content (AvgIpc) is 2.14. The first-order chi connectivity index (χ1) is 6.63. The zero-order valence-electron chi connectivity index (χ0n) is 9.25. The first-order valence-corrected chi connectivity index (χ1v) is 5.03. The third-order valence-electron chi connectivity index (χ3n) is 2.06. The summed E-state index contributed by atoms with van der Waals surface area (Å²) < 4.78 is 4.93. The van der Waals surface area contributed by atoms with E-state index >= 15 is 0 Å². The van der Waals surface area contributed by atoms with Gasteiger partial charge in [0.1, 0.15) is 0 Å². The Morgan fingerprint density at radius 2 is 2.21 bits per heavy atom. The fourth-order valence-electron chi connectivity index (χ4n) is 1.22. The molecular formula is C10H21NO3. The van der Waals surface area contributed by atoms with Gasteiger partial charge in [-0.05, 0) is 12.3 Å². The van der Waals surface area contributed by atoms with Gasteiger partial charge < -0.3 is 15.2 Å². The van der Waals surface area contributed by atoms with Gasteiger partial charge in [0, 0.05) is 20.1 Å². The van der Waals surface area contributed by atoms with Crippen LogP contribution in [0.3, 0.4) is 0 Å². The van der Waals surface area contributed by atoms with Crippen molar-refractivity contribution >= 4 is 5.91 Å². The number of nitrogens with one attached hydrogen (secondary N) is 1. The molecule has 0 bridgehead atoms. The number of carbonyl (C=O) groups excluding carboxylic acids is 1. The van der Waals surface area contributed by atoms with Crippen molar-refractivity contribution in [3.8, 4) is 0 Å². The molecule has 0 spiro atoms. The highest BCUT2D eigenvalue weighted by Gasteiger charge is 2.12. The number of ether oxygens (including phenoxy) is 1. The highest BCUT2D eigenvalue weighted by Crippen LogP contribution is 2.02. The van der Waals surface area contributed by atoms with E-state index < -0.39 is 0 Å². The molecule has 0 rings (SSSR count). The van der Waals surface area contributed by atoms with E-state index in [2.05, 4.69) is 5.32 Å². The molecule has 0 saturated heterocycles. The van der Waals surface area contributed by atoms with Crippen LogP contribution in [0.5, 0.6) is 0 Å². The van der Waals surface area contributed by atoms with Crippen molar-refractivity contribution in [3.05, 3.63) is 0 Å². The quantitative estimate of drug-likeness (QED) is 0.635. The first kappa shape index (κ1) is 13.4. The second kappa shape index (κ2) is 7.76. The molecule has 2 N–H and O–H groups in total. The predicted octanol–water partition coefficient (Wildman–Crippen LogP) is 0.546. The second-order valence-electron chi connectivity index (χ2n) is 3.62. The monoisotopic (exact) mass is 203 g/mol. The standard InChI is InChI=1S/C10H21NO3/c1-4-9(6-12)11-10(13)5-8(2)7-14-3/h8-9,12H,4-7H2,1-3H3,(H,11,13)/t8?,9-/m0/s1. The third-order valence-corrected chi connectivity index (χ3v) is 2.06. The van der Waals surface area contributed by atoms with E-state index in [1.165, 1.54) is 0 Å². The maximum Gasteiger partial charge on any atom is 0.220 e. The highest BCUT2D eigenvalue weighted by atomic mass is 16.5. The minimum absolute atomic E-state index is 0.000892. The number of aliphatic hydroxyl groups excluding tert-OH is 1. The predicted molar refractivity (Wildman–Crippen MR) is 55.0 cm³/mol. The van der Waals surface area contributed by atoms with Gasteiger partial charge in [-0.3, -0.25) is 4.79 Å². The molecule has 0 fully saturated rings. The summed E-state index contributed by atoms with van der Waals surface area (Å²) >= 11 is 0. The molecule has 0 aliphatic carbocycles. The fourth-order valence-corrected chi connectivity index (χ4v) is 1.22. The van der Waals surface area contributed by atoms with Crippen LogP contribution < -0.4 is 5.32 Å². The molecule has 4 heteroatoms. The van der Waals surface area contributed by atoms with Crippen LogP contribution in [0.1, 0.15) is 26.7 Å². The van der Waals surface area contributed by atoms with E-state index in [0.29, 0.717) is 13.0 Å². The van der Waals surface area contributed by atoms with Gasteiger partial charge >= 0.3 is 0 Å². The van der Waals surface area contributed by atoms with E-state index in [-0.39, 0.29) is 24.5 Å². The Hall–Kier alpha value is -0.610. The highest BCUT2D eigenvalue weighted by molar-refractivity contribution is 5.76. The lowest BCUT2D eigenvalue weighted by atomic mass is 10.1. The molecule has 4 nitrogen and oxygen atoms in total. The minimum Gasteiger partial charge on any atom is -0.394 e. The van der Waals surface area contributed by atoms with Crippen LogP contribution in [-0.4, -0.2) is 37.4 Å². The molecule has 14 heavy (non-hydrogen) atoms. The van der Waals surface area contributed by atoms with Crippen LogP contribution in [0.4, 0.5) is 0 Å². The molecule has 0 aromatic rings. The maximum atomic E-state index is 11.4. The van der Waals surface area contributed by atoms with Crippen molar-refractivity contribution in [1.82, 2.24) is 5.32 Å². The van der Waals surface area contributed by atoms with Gasteiger partial charge in [0.25, 0.3) is 0 Å². The lowest BCUT2D eigenvalue weighted by Gasteiger charge is -2.16. The van der Waals surface area contributed by atoms with Crippen molar-refractivity contribution in [3.63, 3.8) is 0 Å². The number of amides is 1. The lowest BCUT2D eigenvalue weighted by Crippen LogP contribution is -2.37. The number of rotatable bonds is 7. The molecule has 0 heterocycles. The van der Waals surface area contributed by atoms with Crippen LogP contribution in [0.2, 0.25) is 0 Å². The SMILES string of the molecule is CC[C@@H](CO)NC(=O)CC(C)COC. The van der Waals surface area contributed by atoms with Gasteiger partial charge in [-0.25, -0.2) is 0 Å². The van der Waals surface area contributed by atoms with E-state index in [0.717, 1.165) is 6.42 Å². The van der Waals surface area contributed by atoms with E-state index in [1.54, 1.807) is 7.11 Å². The zero-order valence-corrected chi connectivity index (χ0v) is 9.25. The van der Waals surface area contributed by atoms with Gasteiger partial charge in [-0.15, -0.1) is 0 Å². The normalized spacial score (nSPS) is 14.9. The van der Waals surface area contributed by atoms with Crippen molar-refractivity contribution in [2.75, 3.05) is 20.3 Å². The van der Waals surface area contributed by atoms with E-state index in [4.69, 9.17) is 9.84 Å².